The van der Waals surface area contributed by atoms with Crippen LogP contribution in [0, 0.1) is 0 Å². The Morgan fingerprint density at radius 1 is 1.17 bits per heavy atom. The second-order valence-corrected chi connectivity index (χ2v) is 7.52. The molecule has 1 N–H and O–H groups in total. The lowest BCUT2D eigenvalue weighted by Crippen LogP contribution is -2.57. The van der Waals surface area contributed by atoms with E-state index in [4.69, 9.17) is 0 Å². The molecule has 8 nitrogen and oxygen atoms in total. The number of nitrogens with zero attached hydrogens (tertiary/aromatic N) is 1. The summed E-state index contributed by atoms with van der Waals surface area (Å²) in [5.41, 5.74) is 0. The summed E-state index contributed by atoms with van der Waals surface area (Å²) in [6, 6.07) is 10.7. The standard InChI is InChI=1S/C9H12N2O6S.C6H6/c1-4(12)10-8-7(9(14)17-2)11-5(13)3-6(11)18(8,15)16;1-2-4-6-5-3-1/h6-8H,3H2,1-2H3,(H,10,12);1-6H/t6-,7?,8?;/m1./s1. The summed E-state index contributed by atoms with van der Waals surface area (Å²) in [6.45, 7) is 1.14. The molecule has 2 amide bonds. The van der Waals surface area contributed by atoms with E-state index >= 15 is 0 Å². The second kappa shape index (κ2) is 7.00. The van der Waals surface area contributed by atoms with Crippen LogP contribution in [0.25, 0.3) is 0 Å². The van der Waals surface area contributed by atoms with Crippen LogP contribution in [0.15, 0.2) is 36.4 Å². The zero-order valence-corrected chi connectivity index (χ0v) is 14.0. The second-order valence-electron chi connectivity index (χ2n) is 5.29. The molecule has 0 saturated carbocycles. The normalized spacial score (nSPS) is 26.3. The average Bonchev–Trinajstić information content (AvgIpc) is 2.73. The van der Waals surface area contributed by atoms with E-state index in [0.717, 1.165) is 18.9 Å². The number of amides is 2. The van der Waals surface area contributed by atoms with E-state index < -0.39 is 44.4 Å². The number of hydrogen-bond acceptors (Lipinski definition) is 6. The predicted molar refractivity (Wildman–Crippen MR) is 84.0 cm³/mol. The van der Waals surface area contributed by atoms with Gasteiger partial charge in [0.2, 0.25) is 11.8 Å². The van der Waals surface area contributed by atoms with Crippen molar-refractivity contribution in [3.8, 4) is 0 Å². The zero-order chi connectivity index (χ0) is 17.9. The van der Waals surface area contributed by atoms with Gasteiger partial charge < -0.3 is 15.0 Å². The molecule has 0 radical (unpaired) electrons. The van der Waals surface area contributed by atoms with Gasteiger partial charge in [-0.3, -0.25) is 9.59 Å². The maximum absolute atomic E-state index is 12.0. The molecule has 0 aliphatic carbocycles. The van der Waals surface area contributed by atoms with Gasteiger partial charge in [0.25, 0.3) is 0 Å². The first-order chi connectivity index (χ1) is 11.3. The van der Waals surface area contributed by atoms with Crippen LogP contribution in [0.4, 0.5) is 0 Å². The Labute approximate surface area is 139 Å². The summed E-state index contributed by atoms with van der Waals surface area (Å²) in [5.74, 6) is -1.88. The lowest BCUT2D eigenvalue weighted by atomic mass is 10.1. The maximum Gasteiger partial charge on any atom is 0.331 e. The number of rotatable bonds is 2. The lowest BCUT2D eigenvalue weighted by molar-refractivity contribution is -0.158. The number of methoxy groups -OCH3 is 1. The molecule has 24 heavy (non-hydrogen) atoms. The molecule has 2 aliphatic heterocycles. The Morgan fingerprint density at radius 3 is 2.04 bits per heavy atom. The molecule has 2 unspecified atom stereocenters. The van der Waals surface area contributed by atoms with Crippen molar-refractivity contribution in [1.82, 2.24) is 10.2 Å². The monoisotopic (exact) mass is 354 g/mol. The fraction of sp³-hybridized carbons (Fsp3) is 0.400. The Hall–Kier alpha value is -2.42. The minimum Gasteiger partial charge on any atom is -0.467 e. The molecule has 0 aromatic heterocycles. The number of carbonyl (C=O) groups excluding carboxylic acids is 3. The largest absolute Gasteiger partial charge is 0.467 e. The third-order valence-corrected chi connectivity index (χ3v) is 5.96. The summed E-state index contributed by atoms with van der Waals surface area (Å²) in [5, 5.41) is -0.271. The van der Waals surface area contributed by atoms with E-state index in [-0.39, 0.29) is 6.42 Å². The molecule has 2 aliphatic rings. The molecule has 3 atom stereocenters. The molecule has 1 aromatic rings. The van der Waals surface area contributed by atoms with Crippen molar-refractivity contribution in [3.63, 3.8) is 0 Å². The minimum atomic E-state index is -3.79. The van der Waals surface area contributed by atoms with Crippen molar-refractivity contribution in [2.24, 2.45) is 0 Å². The number of carbonyl (C=O) groups is 3. The minimum absolute atomic E-state index is 0.161. The number of sulfone groups is 1. The fourth-order valence-corrected chi connectivity index (χ4v) is 4.82. The number of hydrogen-bond donors (Lipinski definition) is 1. The van der Waals surface area contributed by atoms with Gasteiger partial charge in [-0.2, -0.15) is 0 Å². The van der Waals surface area contributed by atoms with Gasteiger partial charge in [-0.05, 0) is 0 Å². The quantitative estimate of drug-likeness (QED) is 0.575. The van der Waals surface area contributed by atoms with E-state index in [0.29, 0.717) is 0 Å². The highest BCUT2D eigenvalue weighted by Gasteiger charge is 2.64. The van der Waals surface area contributed by atoms with Crippen molar-refractivity contribution in [2.45, 2.75) is 30.1 Å². The highest BCUT2D eigenvalue weighted by atomic mass is 32.2. The Balaban J connectivity index is 0.000000292. The van der Waals surface area contributed by atoms with Crippen LogP contribution in [-0.4, -0.2) is 55.0 Å². The van der Waals surface area contributed by atoms with Gasteiger partial charge in [0.05, 0.1) is 13.5 Å². The molecule has 1 aromatic carbocycles. The number of esters is 1. The van der Waals surface area contributed by atoms with Crippen molar-refractivity contribution in [3.05, 3.63) is 36.4 Å². The van der Waals surface area contributed by atoms with Gasteiger partial charge in [-0.25, -0.2) is 13.2 Å². The fourth-order valence-electron chi connectivity index (χ4n) is 2.61. The van der Waals surface area contributed by atoms with Crippen molar-refractivity contribution >= 4 is 27.6 Å². The number of fused-ring (bicyclic) bond motifs is 1. The van der Waals surface area contributed by atoms with E-state index in [1.165, 1.54) is 0 Å². The van der Waals surface area contributed by atoms with Crippen LogP contribution in [0.3, 0.4) is 0 Å². The van der Waals surface area contributed by atoms with Crippen LogP contribution in [-0.2, 0) is 29.0 Å². The summed E-state index contributed by atoms with van der Waals surface area (Å²) in [4.78, 5) is 35.0. The smallest absolute Gasteiger partial charge is 0.331 e. The molecule has 3 rings (SSSR count). The van der Waals surface area contributed by atoms with E-state index in [2.05, 4.69) is 10.1 Å². The van der Waals surface area contributed by atoms with Crippen molar-refractivity contribution in [2.75, 3.05) is 7.11 Å². The molecular weight excluding hydrogens is 336 g/mol. The van der Waals surface area contributed by atoms with Gasteiger partial charge in [0, 0.05) is 6.92 Å². The average molecular weight is 354 g/mol. The SMILES string of the molecule is COC(=O)C1C(NC(C)=O)S(=O)(=O)[C@@H]2CC(=O)N12.c1ccccc1. The van der Waals surface area contributed by atoms with Crippen LogP contribution in [0.2, 0.25) is 0 Å². The Morgan fingerprint density at radius 2 is 1.67 bits per heavy atom. The number of ether oxygens (including phenoxy) is 1. The number of nitrogens with one attached hydrogen (secondary N) is 1. The van der Waals surface area contributed by atoms with E-state index in [1.54, 1.807) is 0 Å². The first-order valence-corrected chi connectivity index (χ1v) is 8.80. The molecule has 2 saturated heterocycles. The van der Waals surface area contributed by atoms with Crippen LogP contribution >= 0.6 is 0 Å². The van der Waals surface area contributed by atoms with Crippen LogP contribution in [0.5, 0.6) is 0 Å². The molecule has 2 fully saturated rings. The highest BCUT2D eigenvalue weighted by Crippen LogP contribution is 2.38. The molecule has 130 valence electrons. The zero-order valence-electron chi connectivity index (χ0n) is 13.2. The molecule has 9 heteroatoms. The topological polar surface area (TPSA) is 110 Å². The summed E-state index contributed by atoms with van der Waals surface area (Å²) in [7, 11) is -2.69. The van der Waals surface area contributed by atoms with Crippen LogP contribution in [0.1, 0.15) is 13.3 Å². The highest BCUT2D eigenvalue weighted by molar-refractivity contribution is 7.93. The number of benzene rings is 1. The molecule has 2 heterocycles. The van der Waals surface area contributed by atoms with Gasteiger partial charge in [0.1, 0.15) is 5.37 Å². The maximum atomic E-state index is 12.0. The van der Waals surface area contributed by atoms with Gasteiger partial charge >= 0.3 is 5.97 Å². The Bertz CT molecular complexity index is 707. The first-order valence-electron chi connectivity index (χ1n) is 7.19. The lowest BCUT2D eigenvalue weighted by Gasteiger charge is -2.35. The molecule has 0 spiro atoms. The summed E-state index contributed by atoms with van der Waals surface area (Å²) in [6.07, 6.45) is -0.161. The Kier molecular flexibility index (Phi) is 5.23. The van der Waals surface area contributed by atoms with Gasteiger partial charge in [-0.15, -0.1) is 0 Å². The van der Waals surface area contributed by atoms with E-state index in [1.807, 2.05) is 36.4 Å². The predicted octanol–water partition coefficient (Wildman–Crippen LogP) is -0.336. The van der Waals surface area contributed by atoms with Crippen molar-refractivity contribution in [1.29, 1.82) is 0 Å². The third-order valence-electron chi connectivity index (χ3n) is 3.72. The van der Waals surface area contributed by atoms with Gasteiger partial charge in [-0.1, -0.05) is 36.4 Å². The van der Waals surface area contributed by atoms with Crippen LogP contribution < -0.4 is 5.32 Å². The summed E-state index contributed by atoms with van der Waals surface area (Å²) < 4.78 is 28.6. The third kappa shape index (κ3) is 3.25. The summed E-state index contributed by atoms with van der Waals surface area (Å²) >= 11 is 0. The van der Waals surface area contributed by atoms with Gasteiger partial charge in [0.15, 0.2) is 21.3 Å². The first kappa shape index (κ1) is 17.9. The molecule has 0 bridgehead atoms. The number of β-lactam (4-membered cyclic amide) rings is 1. The van der Waals surface area contributed by atoms with Crippen molar-refractivity contribution < 1.29 is 27.5 Å². The van der Waals surface area contributed by atoms with E-state index in [9.17, 15) is 22.8 Å². The molecular formula is C15H18N2O6S.